The molecule has 0 heterocycles. The Kier molecular flexibility index (Phi) is 5.94. The summed E-state index contributed by atoms with van der Waals surface area (Å²) in [5.41, 5.74) is -0.237. The summed E-state index contributed by atoms with van der Waals surface area (Å²) in [6, 6.07) is 5.34. The van der Waals surface area contributed by atoms with E-state index in [1.165, 1.54) is 38.1 Å². The number of aromatic carboxylic acids is 1. The van der Waals surface area contributed by atoms with Crippen molar-refractivity contribution in [1.82, 2.24) is 0 Å². The van der Waals surface area contributed by atoms with Crippen LogP contribution < -0.4 is 4.84 Å². The molecule has 17 heavy (non-hydrogen) atoms. The van der Waals surface area contributed by atoms with E-state index in [-0.39, 0.29) is 17.1 Å². The number of nitrogens with zero attached hydrogens (tertiary/aromatic N) is 1. The van der Waals surface area contributed by atoms with Gasteiger partial charge in [0, 0.05) is 0 Å². The highest BCUT2D eigenvalue weighted by Crippen LogP contribution is 2.17. The van der Waals surface area contributed by atoms with Crippen LogP contribution in [0.1, 0.15) is 24.2 Å². The van der Waals surface area contributed by atoms with Gasteiger partial charge in [0.2, 0.25) is 0 Å². The molecule has 0 aromatic heterocycles. The number of hydrogen-bond donors (Lipinski definition) is 1. The van der Waals surface area contributed by atoms with Crippen LogP contribution in [-0.4, -0.2) is 21.9 Å². The third kappa shape index (κ3) is 6.61. The third-order valence-corrected chi connectivity index (χ3v) is 1.29. The third-order valence-electron chi connectivity index (χ3n) is 1.29. The van der Waals surface area contributed by atoms with Gasteiger partial charge < -0.3 is 9.90 Å². The largest absolute Gasteiger partial charge is 0.478 e. The van der Waals surface area contributed by atoms with E-state index in [0.29, 0.717) is 0 Å². The molecule has 0 fully saturated rings. The second-order valence-corrected chi connectivity index (χ2v) is 3.02. The Labute approximate surface area is 96.7 Å². The number of carboxylic acids is 1. The van der Waals surface area contributed by atoms with Gasteiger partial charge in [0.15, 0.2) is 0 Å². The minimum Gasteiger partial charge on any atom is -0.478 e. The van der Waals surface area contributed by atoms with Gasteiger partial charge >= 0.3 is 5.97 Å². The fourth-order valence-corrected chi connectivity index (χ4v) is 0.803. The molecule has 1 aromatic carbocycles. The number of carbonyl (C=O) groups is 2. The van der Waals surface area contributed by atoms with Crippen LogP contribution in [0.2, 0.25) is 0 Å². The molecule has 92 valence electrons. The molecular formula is C10H11NO6. The standard InChI is InChI=1S/C7H5NO5.C3H6O/c9-7(10)5-3-1-2-4-6(5)13-8(11)12;1-3(2)4/h1-4H,(H,9,10);1-2H3. The minimum absolute atomic E-state index is 0.167. The number of rotatable bonds is 3. The minimum atomic E-state index is -1.27. The van der Waals surface area contributed by atoms with Crippen LogP contribution >= 0.6 is 0 Å². The fourth-order valence-electron chi connectivity index (χ4n) is 0.803. The van der Waals surface area contributed by atoms with Crippen molar-refractivity contribution < 1.29 is 24.6 Å². The molecule has 0 aliphatic heterocycles. The Bertz CT molecular complexity index is 425. The maximum absolute atomic E-state index is 10.5. The number of hydrogen-bond acceptors (Lipinski definition) is 5. The lowest BCUT2D eigenvalue weighted by atomic mass is 10.2. The average Bonchev–Trinajstić information content (AvgIpc) is 2.16. The van der Waals surface area contributed by atoms with Gasteiger partial charge in [-0.05, 0) is 26.0 Å². The zero-order chi connectivity index (χ0) is 13.4. The number of ketones is 1. The summed E-state index contributed by atoms with van der Waals surface area (Å²) < 4.78 is 0. The Hall–Kier alpha value is -2.44. The van der Waals surface area contributed by atoms with Crippen molar-refractivity contribution in [2.45, 2.75) is 13.8 Å². The number of carboxylic acid groups (broad SMARTS) is 1. The van der Waals surface area contributed by atoms with E-state index in [1.807, 2.05) is 0 Å². The number of carbonyl (C=O) groups excluding carboxylic acids is 1. The first-order valence-electron chi connectivity index (χ1n) is 4.46. The topological polar surface area (TPSA) is 107 Å². The Morgan fingerprint density at radius 3 is 2.18 bits per heavy atom. The SMILES string of the molecule is CC(C)=O.O=C(O)c1ccccc1O[N+](=O)[O-]. The lowest BCUT2D eigenvalue weighted by molar-refractivity contribution is -0.711. The lowest BCUT2D eigenvalue weighted by Crippen LogP contribution is -2.08. The lowest BCUT2D eigenvalue weighted by Gasteiger charge is -2.01. The van der Waals surface area contributed by atoms with Gasteiger partial charge in [0.05, 0.1) is 5.56 Å². The molecule has 1 rings (SSSR count). The van der Waals surface area contributed by atoms with Crippen molar-refractivity contribution in [3.8, 4) is 5.75 Å². The van der Waals surface area contributed by atoms with Crippen molar-refractivity contribution in [3.05, 3.63) is 39.9 Å². The van der Waals surface area contributed by atoms with Gasteiger partial charge in [-0.15, -0.1) is 10.1 Å². The molecule has 0 spiro atoms. The number of para-hydroxylation sites is 1. The van der Waals surface area contributed by atoms with E-state index in [0.717, 1.165) is 0 Å². The monoisotopic (exact) mass is 241 g/mol. The maximum atomic E-state index is 10.5. The van der Waals surface area contributed by atoms with E-state index < -0.39 is 11.1 Å². The van der Waals surface area contributed by atoms with E-state index in [9.17, 15) is 19.7 Å². The molecule has 1 aromatic rings. The summed E-state index contributed by atoms with van der Waals surface area (Å²) in [4.78, 5) is 33.9. The molecule has 0 atom stereocenters. The predicted octanol–water partition coefficient (Wildman–Crippen LogP) is 1.55. The highest BCUT2D eigenvalue weighted by molar-refractivity contribution is 5.90. The zero-order valence-corrected chi connectivity index (χ0v) is 9.25. The Balaban J connectivity index is 0.000000557. The number of benzene rings is 1. The Morgan fingerprint density at radius 1 is 1.29 bits per heavy atom. The van der Waals surface area contributed by atoms with Gasteiger partial charge in [-0.2, -0.15) is 0 Å². The predicted molar refractivity (Wildman–Crippen MR) is 57.4 cm³/mol. The molecule has 0 radical (unpaired) electrons. The number of Topliss-reactive ketones (excluding diaryl/α,β-unsaturated/α-hetero) is 1. The molecule has 0 amide bonds. The molecule has 0 aliphatic rings. The van der Waals surface area contributed by atoms with E-state index >= 15 is 0 Å². The molecule has 0 aliphatic carbocycles. The highest BCUT2D eigenvalue weighted by atomic mass is 17.0. The van der Waals surface area contributed by atoms with Gasteiger partial charge in [-0.1, -0.05) is 12.1 Å². The van der Waals surface area contributed by atoms with E-state index in [2.05, 4.69) is 4.84 Å². The van der Waals surface area contributed by atoms with Crippen molar-refractivity contribution in [1.29, 1.82) is 0 Å². The average molecular weight is 241 g/mol. The molecule has 0 saturated carbocycles. The highest BCUT2D eigenvalue weighted by Gasteiger charge is 2.11. The van der Waals surface area contributed by atoms with Crippen LogP contribution in [0.5, 0.6) is 5.75 Å². The second-order valence-electron chi connectivity index (χ2n) is 3.02. The first kappa shape index (κ1) is 14.6. The molecule has 0 saturated heterocycles. The van der Waals surface area contributed by atoms with Gasteiger partial charge in [-0.25, -0.2) is 4.79 Å². The summed E-state index contributed by atoms with van der Waals surface area (Å²) in [6.45, 7) is 3.06. The first-order chi connectivity index (χ1) is 7.84. The normalized spacial score (nSPS) is 8.59. The van der Waals surface area contributed by atoms with Crippen LogP contribution in [-0.2, 0) is 4.79 Å². The molecule has 7 nitrogen and oxygen atoms in total. The second kappa shape index (κ2) is 6.94. The van der Waals surface area contributed by atoms with E-state index in [4.69, 9.17) is 5.11 Å². The maximum Gasteiger partial charge on any atom is 0.337 e. The summed E-state index contributed by atoms with van der Waals surface area (Å²) in [5, 5.41) is 17.5. The van der Waals surface area contributed by atoms with Crippen LogP contribution in [0.3, 0.4) is 0 Å². The van der Waals surface area contributed by atoms with Gasteiger partial charge in [-0.3, -0.25) is 4.84 Å². The van der Waals surface area contributed by atoms with Crippen LogP contribution in [0.25, 0.3) is 0 Å². The van der Waals surface area contributed by atoms with Crippen molar-refractivity contribution >= 4 is 11.8 Å². The van der Waals surface area contributed by atoms with Crippen LogP contribution in [0.15, 0.2) is 24.3 Å². The molecular weight excluding hydrogens is 230 g/mol. The van der Waals surface area contributed by atoms with Gasteiger partial charge in [0.25, 0.3) is 5.09 Å². The van der Waals surface area contributed by atoms with Gasteiger partial charge in [0.1, 0.15) is 11.5 Å². The summed E-state index contributed by atoms with van der Waals surface area (Å²) in [6.07, 6.45) is 0. The summed E-state index contributed by atoms with van der Waals surface area (Å²) in [5.74, 6) is -1.38. The first-order valence-corrected chi connectivity index (χ1v) is 4.46. The fraction of sp³-hybridized carbons (Fsp3) is 0.200. The van der Waals surface area contributed by atoms with Crippen LogP contribution in [0.4, 0.5) is 0 Å². The Morgan fingerprint density at radius 2 is 1.76 bits per heavy atom. The summed E-state index contributed by atoms with van der Waals surface area (Å²) >= 11 is 0. The van der Waals surface area contributed by atoms with Crippen molar-refractivity contribution in [3.63, 3.8) is 0 Å². The molecule has 0 unspecified atom stereocenters. The van der Waals surface area contributed by atoms with Crippen molar-refractivity contribution in [2.24, 2.45) is 0 Å². The zero-order valence-electron chi connectivity index (χ0n) is 9.25. The molecule has 0 bridgehead atoms. The quantitative estimate of drug-likeness (QED) is 0.635. The van der Waals surface area contributed by atoms with E-state index in [1.54, 1.807) is 0 Å². The molecule has 1 N–H and O–H groups in total. The van der Waals surface area contributed by atoms with Crippen molar-refractivity contribution in [2.75, 3.05) is 0 Å². The summed E-state index contributed by atoms with van der Waals surface area (Å²) in [7, 11) is 0. The smallest absolute Gasteiger partial charge is 0.337 e. The van der Waals surface area contributed by atoms with Crippen LogP contribution in [0, 0.1) is 10.1 Å². The molecule has 7 heteroatoms.